The van der Waals surface area contributed by atoms with E-state index in [4.69, 9.17) is 9.15 Å². The number of aromatic nitrogens is 2. The molecule has 0 spiro atoms. The number of imidazole rings is 1. The summed E-state index contributed by atoms with van der Waals surface area (Å²) in [6.07, 6.45) is 8.19. The number of nitrogens with one attached hydrogen (secondary N) is 1. The lowest BCUT2D eigenvalue weighted by molar-refractivity contribution is -0.127. The van der Waals surface area contributed by atoms with Crippen LogP contribution in [-0.4, -0.2) is 28.1 Å². The fourth-order valence-corrected chi connectivity index (χ4v) is 3.87. The molecule has 1 atom stereocenters. The second kappa shape index (κ2) is 8.11. The van der Waals surface area contributed by atoms with E-state index in [1.165, 1.54) is 0 Å². The number of amides is 1. The molecular weight excluding hydrogens is 370 g/mol. The van der Waals surface area contributed by atoms with E-state index in [1.54, 1.807) is 19.4 Å². The molecule has 0 saturated heterocycles. The summed E-state index contributed by atoms with van der Waals surface area (Å²) in [6.45, 7) is 4.93. The van der Waals surface area contributed by atoms with Gasteiger partial charge in [0.1, 0.15) is 11.3 Å². The zero-order valence-corrected chi connectivity index (χ0v) is 16.7. The molecule has 4 rings (SSSR count). The van der Waals surface area contributed by atoms with Crippen LogP contribution < -0.4 is 15.7 Å². The normalized spacial score (nSPS) is 14.0. The topological polar surface area (TPSA) is 86.4 Å². The van der Waals surface area contributed by atoms with Gasteiger partial charge < -0.3 is 19.0 Å². The second-order valence-corrected chi connectivity index (χ2v) is 7.47. The molecule has 3 aromatic rings. The fraction of sp³-hybridized carbons (Fsp3) is 0.409. The summed E-state index contributed by atoms with van der Waals surface area (Å²) in [6, 6.07) is 3.79. The molecule has 29 heavy (non-hydrogen) atoms. The minimum absolute atomic E-state index is 0.175. The number of aryl methyl sites for hydroxylation is 3. The van der Waals surface area contributed by atoms with Crippen molar-refractivity contribution in [2.24, 2.45) is 0 Å². The number of fused-ring (bicyclic) bond motifs is 3. The lowest BCUT2D eigenvalue weighted by atomic mass is 10.0. The summed E-state index contributed by atoms with van der Waals surface area (Å²) in [5.41, 5.74) is 2.94. The molecule has 1 N–H and O–H groups in total. The van der Waals surface area contributed by atoms with E-state index in [9.17, 15) is 9.59 Å². The van der Waals surface area contributed by atoms with Crippen molar-refractivity contribution < 1.29 is 13.9 Å². The molecule has 1 aliphatic rings. The third-order valence-electron chi connectivity index (χ3n) is 5.46. The van der Waals surface area contributed by atoms with Crippen molar-refractivity contribution in [3.63, 3.8) is 0 Å². The maximum absolute atomic E-state index is 12.4. The summed E-state index contributed by atoms with van der Waals surface area (Å²) in [5.74, 6) is 0.380. The minimum Gasteiger partial charge on any atom is -0.480 e. The highest BCUT2D eigenvalue weighted by atomic mass is 16.5. The Morgan fingerprint density at radius 3 is 2.97 bits per heavy atom. The number of carbonyl (C=O) groups is 1. The molecule has 1 aliphatic carbocycles. The van der Waals surface area contributed by atoms with Gasteiger partial charge in [0, 0.05) is 42.0 Å². The lowest BCUT2D eigenvalue weighted by Gasteiger charge is -2.17. The Kier molecular flexibility index (Phi) is 5.38. The summed E-state index contributed by atoms with van der Waals surface area (Å²) in [5, 5.41) is 3.86. The molecule has 0 saturated carbocycles. The van der Waals surface area contributed by atoms with Crippen molar-refractivity contribution in [2.75, 3.05) is 6.54 Å². The van der Waals surface area contributed by atoms with Crippen LogP contribution in [0.4, 0.5) is 0 Å². The van der Waals surface area contributed by atoms with Gasteiger partial charge in [-0.05, 0) is 57.2 Å². The molecule has 1 amide bonds. The molecule has 0 radical (unpaired) electrons. The molecule has 152 valence electrons. The van der Waals surface area contributed by atoms with Crippen molar-refractivity contribution >= 4 is 16.9 Å². The molecular formula is C22H25N3O4. The van der Waals surface area contributed by atoms with Crippen LogP contribution in [0.15, 0.2) is 40.1 Å². The molecule has 7 heteroatoms. The average Bonchev–Trinajstić information content (AvgIpc) is 3.40. The van der Waals surface area contributed by atoms with Gasteiger partial charge in [-0.2, -0.15) is 0 Å². The molecule has 1 aromatic carbocycles. The van der Waals surface area contributed by atoms with E-state index >= 15 is 0 Å². The third kappa shape index (κ3) is 3.90. The van der Waals surface area contributed by atoms with E-state index in [2.05, 4.69) is 10.3 Å². The van der Waals surface area contributed by atoms with Crippen LogP contribution in [0.1, 0.15) is 36.5 Å². The van der Waals surface area contributed by atoms with Gasteiger partial charge in [0.25, 0.3) is 5.91 Å². The van der Waals surface area contributed by atoms with Gasteiger partial charge in [-0.1, -0.05) is 0 Å². The van der Waals surface area contributed by atoms with Crippen LogP contribution in [0.2, 0.25) is 0 Å². The van der Waals surface area contributed by atoms with Gasteiger partial charge >= 0.3 is 5.63 Å². The first kappa shape index (κ1) is 19.2. The van der Waals surface area contributed by atoms with Crippen LogP contribution in [0.25, 0.3) is 11.0 Å². The summed E-state index contributed by atoms with van der Waals surface area (Å²) in [7, 11) is 0. The van der Waals surface area contributed by atoms with Crippen molar-refractivity contribution in [1.82, 2.24) is 14.9 Å². The Hall–Kier alpha value is -3.09. The zero-order valence-electron chi connectivity index (χ0n) is 16.7. The molecule has 0 bridgehead atoms. The first-order valence-electron chi connectivity index (χ1n) is 10.0. The average molecular weight is 395 g/mol. The van der Waals surface area contributed by atoms with Crippen LogP contribution in [0.5, 0.6) is 5.75 Å². The first-order valence-corrected chi connectivity index (χ1v) is 10.0. The van der Waals surface area contributed by atoms with Gasteiger partial charge in [0.15, 0.2) is 6.10 Å². The summed E-state index contributed by atoms with van der Waals surface area (Å²) in [4.78, 5) is 28.6. The molecule has 2 heterocycles. The lowest BCUT2D eigenvalue weighted by Crippen LogP contribution is -2.37. The SMILES string of the molecule is Cc1c(O[C@H](C)C(=O)NCCCn2ccnc2)ccc2c3c(c(=O)oc12)CCC3. The van der Waals surface area contributed by atoms with Gasteiger partial charge in [-0.25, -0.2) is 9.78 Å². The number of rotatable bonds is 7. The van der Waals surface area contributed by atoms with Crippen LogP contribution in [0.3, 0.4) is 0 Å². The standard InChI is InChI=1S/C22H25N3O4/c1-14-19(8-7-17-16-5-3-6-18(16)22(27)29-20(14)17)28-15(2)21(26)24-9-4-11-25-12-10-23-13-25/h7-8,10,12-13,15H,3-6,9,11H2,1-2H3,(H,24,26)/t15-/m1/s1. The van der Waals surface area contributed by atoms with Crippen molar-refractivity contribution in [3.05, 3.63) is 58.0 Å². The van der Waals surface area contributed by atoms with Crippen molar-refractivity contribution in [3.8, 4) is 5.75 Å². The predicted octanol–water partition coefficient (Wildman–Crippen LogP) is 2.76. The smallest absolute Gasteiger partial charge is 0.339 e. The largest absolute Gasteiger partial charge is 0.480 e. The zero-order chi connectivity index (χ0) is 20.4. The number of benzene rings is 1. The maximum Gasteiger partial charge on any atom is 0.339 e. The third-order valence-corrected chi connectivity index (χ3v) is 5.46. The number of carbonyl (C=O) groups excluding carboxylic acids is 1. The molecule has 0 fully saturated rings. The second-order valence-electron chi connectivity index (χ2n) is 7.47. The Balaban J connectivity index is 1.42. The fourth-order valence-electron chi connectivity index (χ4n) is 3.87. The Morgan fingerprint density at radius 2 is 2.17 bits per heavy atom. The first-order chi connectivity index (χ1) is 14.0. The van der Waals surface area contributed by atoms with Crippen molar-refractivity contribution in [1.29, 1.82) is 0 Å². The Labute approximate surface area is 168 Å². The predicted molar refractivity (Wildman–Crippen MR) is 109 cm³/mol. The number of nitrogens with zero attached hydrogens (tertiary/aromatic N) is 2. The van der Waals surface area contributed by atoms with Gasteiger partial charge in [-0.3, -0.25) is 4.79 Å². The maximum atomic E-state index is 12.4. The summed E-state index contributed by atoms with van der Waals surface area (Å²) < 4.78 is 13.4. The van der Waals surface area contributed by atoms with Gasteiger partial charge in [-0.15, -0.1) is 0 Å². The highest BCUT2D eigenvalue weighted by molar-refractivity contribution is 5.86. The number of hydrogen-bond acceptors (Lipinski definition) is 5. The van der Waals surface area contributed by atoms with E-state index in [1.807, 2.05) is 29.8 Å². The molecule has 7 nitrogen and oxygen atoms in total. The molecule has 2 aromatic heterocycles. The van der Waals surface area contributed by atoms with Crippen LogP contribution in [0, 0.1) is 6.92 Å². The van der Waals surface area contributed by atoms with Gasteiger partial charge in [0.05, 0.1) is 6.33 Å². The minimum atomic E-state index is -0.652. The van der Waals surface area contributed by atoms with E-state index in [0.717, 1.165) is 54.3 Å². The quantitative estimate of drug-likeness (QED) is 0.491. The van der Waals surface area contributed by atoms with E-state index < -0.39 is 6.10 Å². The Bertz CT molecular complexity index is 1090. The Morgan fingerprint density at radius 1 is 1.34 bits per heavy atom. The van der Waals surface area contributed by atoms with Crippen molar-refractivity contribution in [2.45, 2.75) is 52.2 Å². The van der Waals surface area contributed by atoms with Gasteiger partial charge in [0.2, 0.25) is 0 Å². The highest BCUT2D eigenvalue weighted by Gasteiger charge is 2.22. The van der Waals surface area contributed by atoms with E-state index in [0.29, 0.717) is 17.9 Å². The van der Waals surface area contributed by atoms with Crippen LogP contribution >= 0.6 is 0 Å². The van der Waals surface area contributed by atoms with E-state index in [-0.39, 0.29) is 11.5 Å². The highest BCUT2D eigenvalue weighted by Crippen LogP contribution is 2.33. The number of hydrogen-bond donors (Lipinski definition) is 1. The summed E-state index contributed by atoms with van der Waals surface area (Å²) >= 11 is 0. The molecule has 0 aliphatic heterocycles. The molecule has 0 unspecified atom stereocenters. The number of ether oxygens (including phenoxy) is 1. The van der Waals surface area contributed by atoms with Crippen LogP contribution in [-0.2, 0) is 24.2 Å². The monoisotopic (exact) mass is 395 g/mol.